The molecule has 1 heterocycles. The third-order valence-electron chi connectivity index (χ3n) is 3.90. The van der Waals surface area contributed by atoms with Crippen molar-refractivity contribution in [2.45, 2.75) is 24.9 Å². The van der Waals surface area contributed by atoms with Gasteiger partial charge in [-0.25, -0.2) is 4.79 Å². The quantitative estimate of drug-likeness (QED) is 0.874. The minimum Gasteiger partial charge on any atom is -0.381 e. The van der Waals surface area contributed by atoms with Crippen molar-refractivity contribution in [2.75, 3.05) is 33.9 Å². The molecule has 6 heteroatoms. The molecular weight excluding hydrogens is 302 g/mol. The number of urea groups is 1. The third-order valence-corrected chi connectivity index (χ3v) is 4.24. The van der Waals surface area contributed by atoms with Crippen LogP contribution in [0, 0.1) is 0 Å². The number of amides is 2. The Morgan fingerprint density at radius 1 is 1.36 bits per heavy atom. The number of hydrogen-bond donors (Lipinski definition) is 2. The van der Waals surface area contributed by atoms with Crippen molar-refractivity contribution in [2.24, 2.45) is 0 Å². The second-order valence-corrected chi connectivity index (χ2v) is 6.15. The minimum atomic E-state index is -0.134. The number of nitrogens with one attached hydrogen (secondary N) is 2. The van der Waals surface area contributed by atoms with Gasteiger partial charge in [-0.05, 0) is 38.6 Å². The van der Waals surface area contributed by atoms with Crippen molar-refractivity contribution in [1.82, 2.24) is 15.5 Å². The van der Waals surface area contributed by atoms with Gasteiger partial charge < -0.3 is 20.3 Å². The molecule has 1 aromatic rings. The Morgan fingerprint density at radius 2 is 2.05 bits per heavy atom. The molecule has 122 valence electrons. The van der Waals surface area contributed by atoms with Gasteiger partial charge in [0, 0.05) is 30.8 Å². The van der Waals surface area contributed by atoms with Crippen LogP contribution in [0.3, 0.4) is 0 Å². The maximum absolute atomic E-state index is 12.0. The zero-order chi connectivity index (χ0) is 15.9. The number of nitrogens with zero attached hydrogens (tertiary/aromatic N) is 1. The predicted octanol–water partition coefficient (Wildman–Crippen LogP) is 2.42. The first-order chi connectivity index (χ1) is 10.6. The second kappa shape index (κ2) is 8.36. The lowest BCUT2D eigenvalue weighted by atomic mass is 10.1. The van der Waals surface area contributed by atoms with E-state index in [2.05, 4.69) is 15.5 Å². The van der Waals surface area contributed by atoms with E-state index in [0.717, 1.165) is 18.4 Å². The molecule has 0 radical (unpaired) electrons. The highest BCUT2D eigenvalue weighted by Gasteiger charge is 2.19. The average Bonchev–Trinajstić information content (AvgIpc) is 2.50. The Hall–Kier alpha value is -1.30. The van der Waals surface area contributed by atoms with Crippen LogP contribution in [0.1, 0.15) is 24.4 Å². The molecular formula is C16H24ClN3O2. The van der Waals surface area contributed by atoms with Crippen LogP contribution in [0.4, 0.5) is 4.79 Å². The van der Waals surface area contributed by atoms with Gasteiger partial charge in [0.2, 0.25) is 0 Å². The lowest BCUT2D eigenvalue weighted by Gasteiger charge is -2.27. The molecule has 22 heavy (non-hydrogen) atoms. The molecule has 1 aliphatic rings. The van der Waals surface area contributed by atoms with Crippen LogP contribution in [0.25, 0.3) is 0 Å². The van der Waals surface area contributed by atoms with Crippen LogP contribution < -0.4 is 10.6 Å². The highest BCUT2D eigenvalue weighted by molar-refractivity contribution is 6.31. The molecule has 0 spiro atoms. The number of carbonyl (C=O) groups is 1. The predicted molar refractivity (Wildman–Crippen MR) is 88.3 cm³/mol. The fraction of sp³-hybridized carbons (Fsp3) is 0.562. The molecule has 1 aromatic carbocycles. The number of carbonyl (C=O) groups excluding carboxylic acids is 1. The lowest BCUT2D eigenvalue weighted by Crippen LogP contribution is -2.46. The number of rotatable bonds is 5. The van der Waals surface area contributed by atoms with E-state index in [9.17, 15) is 4.79 Å². The van der Waals surface area contributed by atoms with Gasteiger partial charge in [0.05, 0.1) is 6.04 Å². The van der Waals surface area contributed by atoms with Crippen LogP contribution in [0.5, 0.6) is 0 Å². The van der Waals surface area contributed by atoms with Gasteiger partial charge in [0.1, 0.15) is 0 Å². The van der Waals surface area contributed by atoms with E-state index in [0.29, 0.717) is 24.8 Å². The zero-order valence-corrected chi connectivity index (χ0v) is 13.9. The van der Waals surface area contributed by atoms with Crippen molar-refractivity contribution < 1.29 is 9.53 Å². The fourth-order valence-electron chi connectivity index (χ4n) is 2.58. The van der Waals surface area contributed by atoms with Gasteiger partial charge in [-0.1, -0.05) is 29.8 Å². The van der Waals surface area contributed by atoms with Crippen LogP contribution in [-0.2, 0) is 4.74 Å². The number of ether oxygens (including phenoxy) is 1. The van der Waals surface area contributed by atoms with Crippen LogP contribution in [0.2, 0.25) is 5.02 Å². The van der Waals surface area contributed by atoms with E-state index < -0.39 is 0 Å². The van der Waals surface area contributed by atoms with Crippen LogP contribution in [-0.4, -0.2) is 50.8 Å². The number of hydrogen-bond acceptors (Lipinski definition) is 3. The van der Waals surface area contributed by atoms with Crippen LogP contribution in [0.15, 0.2) is 24.3 Å². The first kappa shape index (κ1) is 17.1. The lowest BCUT2D eigenvalue weighted by molar-refractivity contribution is 0.0800. The molecule has 2 N–H and O–H groups in total. The summed E-state index contributed by atoms with van der Waals surface area (Å²) in [4.78, 5) is 14.1. The SMILES string of the molecule is CN(C)C(CNC(=O)NC1CCOCC1)c1ccccc1Cl. The molecule has 5 nitrogen and oxygen atoms in total. The summed E-state index contributed by atoms with van der Waals surface area (Å²) in [7, 11) is 3.96. The molecule has 2 rings (SSSR count). The maximum atomic E-state index is 12.0. The summed E-state index contributed by atoms with van der Waals surface area (Å²) < 4.78 is 5.29. The van der Waals surface area contributed by atoms with Gasteiger partial charge in [-0.15, -0.1) is 0 Å². The van der Waals surface area contributed by atoms with E-state index >= 15 is 0 Å². The summed E-state index contributed by atoms with van der Waals surface area (Å²) in [6.07, 6.45) is 1.74. The topological polar surface area (TPSA) is 53.6 Å². The summed E-state index contributed by atoms with van der Waals surface area (Å²) in [5.74, 6) is 0. The van der Waals surface area contributed by atoms with Gasteiger partial charge in [-0.2, -0.15) is 0 Å². The summed E-state index contributed by atoms with van der Waals surface area (Å²) in [5.41, 5.74) is 1.01. The second-order valence-electron chi connectivity index (χ2n) is 5.74. The number of halogens is 1. The van der Waals surface area contributed by atoms with Crippen LogP contribution >= 0.6 is 11.6 Å². The Labute approximate surface area is 137 Å². The molecule has 0 aliphatic carbocycles. The Bertz CT molecular complexity index is 490. The van der Waals surface area contributed by atoms with Crippen molar-refractivity contribution in [3.63, 3.8) is 0 Å². The largest absolute Gasteiger partial charge is 0.381 e. The number of benzene rings is 1. The smallest absolute Gasteiger partial charge is 0.315 e. The van der Waals surface area contributed by atoms with E-state index in [1.807, 2.05) is 38.4 Å². The van der Waals surface area contributed by atoms with E-state index in [4.69, 9.17) is 16.3 Å². The number of likely N-dealkylation sites (N-methyl/N-ethyl adjacent to an activating group) is 1. The normalized spacial score (nSPS) is 17.3. The first-order valence-electron chi connectivity index (χ1n) is 7.61. The summed E-state index contributed by atoms with van der Waals surface area (Å²) in [5, 5.41) is 6.66. The Kier molecular flexibility index (Phi) is 6.49. The van der Waals surface area contributed by atoms with Crippen molar-refractivity contribution in [1.29, 1.82) is 0 Å². The molecule has 1 saturated heterocycles. The minimum absolute atomic E-state index is 0.0362. The van der Waals surface area contributed by atoms with Gasteiger partial charge in [0.25, 0.3) is 0 Å². The molecule has 0 bridgehead atoms. The average molecular weight is 326 g/mol. The molecule has 1 fully saturated rings. The highest BCUT2D eigenvalue weighted by atomic mass is 35.5. The third kappa shape index (κ3) is 4.87. The Morgan fingerprint density at radius 3 is 2.68 bits per heavy atom. The molecule has 0 saturated carbocycles. The van der Waals surface area contributed by atoms with Gasteiger partial charge in [0.15, 0.2) is 0 Å². The first-order valence-corrected chi connectivity index (χ1v) is 7.98. The highest BCUT2D eigenvalue weighted by Crippen LogP contribution is 2.25. The Balaban J connectivity index is 1.89. The summed E-state index contributed by atoms with van der Waals surface area (Å²) in [6, 6.07) is 7.83. The van der Waals surface area contributed by atoms with Gasteiger partial charge >= 0.3 is 6.03 Å². The molecule has 1 aliphatic heterocycles. The molecule has 1 unspecified atom stereocenters. The van der Waals surface area contributed by atoms with E-state index in [1.165, 1.54) is 0 Å². The summed E-state index contributed by atoms with van der Waals surface area (Å²) >= 11 is 6.27. The molecule has 2 amide bonds. The van der Waals surface area contributed by atoms with E-state index in [1.54, 1.807) is 0 Å². The van der Waals surface area contributed by atoms with E-state index in [-0.39, 0.29) is 18.1 Å². The fourth-order valence-corrected chi connectivity index (χ4v) is 2.85. The van der Waals surface area contributed by atoms with Crippen molar-refractivity contribution in [3.8, 4) is 0 Å². The van der Waals surface area contributed by atoms with Crippen molar-refractivity contribution in [3.05, 3.63) is 34.9 Å². The monoisotopic (exact) mass is 325 g/mol. The van der Waals surface area contributed by atoms with Gasteiger partial charge in [-0.3, -0.25) is 0 Å². The summed E-state index contributed by atoms with van der Waals surface area (Å²) in [6.45, 7) is 1.93. The van der Waals surface area contributed by atoms with Crippen molar-refractivity contribution >= 4 is 17.6 Å². The molecule has 0 aromatic heterocycles. The zero-order valence-electron chi connectivity index (χ0n) is 13.1. The standard InChI is InChI=1S/C16H24ClN3O2/c1-20(2)15(13-5-3-4-6-14(13)17)11-18-16(21)19-12-7-9-22-10-8-12/h3-6,12,15H,7-11H2,1-2H3,(H2,18,19,21). The molecule has 1 atom stereocenters. The maximum Gasteiger partial charge on any atom is 0.315 e.